The number of aromatic nitrogens is 2. The lowest BCUT2D eigenvalue weighted by Gasteiger charge is -2.23. The maximum atomic E-state index is 13.5. The van der Waals surface area contributed by atoms with E-state index in [0.29, 0.717) is 12.2 Å². The first-order chi connectivity index (χ1) is 13.0. The average molecular weight is 378 g/mol. The summed E-state index contributed by atoms with van der Waals surface area (Å²) in [5.41, 5.74) is 7.03. The third-order valence-corrected chi connectivity index (χ3v) is 6.18. The predicted molar refractivity (Wildman–Crippen MR) is 111 cm³/mol. The summed E-state index contributed by atoms with van der Waals surface area (Å²) in [6, 6.07) is 14.6. The van der Waals surface area contributed by atoms with Crippen molar-refractivity contribution in [3.8, 4) is 11.3 Å². The molecule has 0 radical (unpaired) electrons. The smallest absolute Gasteiger partial charge is 0.279 e. The molecular formula is C22H23N3OS. The quantitative estimate of drug-likeness (QED) is 0.646. The first kappa shape index (κ1) is 17.9. The molecule has 1 aromatic heterocycles. The largest absolute Gasteiger partial charge is 0.307 e. The van der Waals surface area contributed by atoms with Crippen molar-refractivity contribution in [2.75, 3.05) is 11.4 Å². The van der Waals surface area contributed by atoms with Gasteiger partial charge in [0.15, 0.2) is 5.69 Å². The lowest BCUT2D eigenvalue weighted by Crippen LogP contribution is -2.32. The number of hydrogen-bond acceptors (Lipinski definition) is 3. The zero-order chi connectivity index (χ0) is 19.1. The van der Waals surface area contributed by atoms with Gasteiger partial charge < -0.3 is 4.90 Å². The van der Waals surface area contributed by atoms with E-state index in [1.165, 1.54) is 4.90 Å². The van der Waals surface area contributed by atoms with E-state index >= 15 is 0 Å². The van der Waals surface area contributed by atoms with Crippen LogP contribution >= 0.6 is 11.8 Å². The lowest BCUT2D eigenvalue weighted by molar-refractivity contribution is 0.0982. The number of benzene rings is 2. The minimum atomic E-state index is -0.0250. The Balaban J connectivity index is 1.81. The molecule has 1 amide bonds. The summed E-state index contributed by atoms with van der Waals surface area (Å²) in [5.74, 6) is 0.744. The van der Waals surface area contributed by atoms with E-state index in [-0.39, 0.29) is 5.91 Å². The maximum absolute atomic E-state index is 13.5. The van der Waals surface area contributed by atoms with Crippen LogP contribution in [0.5, 0.6) is 0 Å². The number of hydrogen-bond donors (Lipinski definition) is 0. The highest BCUT2D eigenvalue weighted by Crippen LogP contribution is 2.42. The molecule has 0 aliphatic carbocycles. The predicted octanol–water partition coefficient (Wildman–Crippen LogP) is 4.98. The second kappa shape index (κ2) is 6.89. The monoisotopic (exact) mass is 377 g/mol. The molecule has 3 aromatic rings. The summed E-state index contributed by atoms with van der Waals surface area (Å²) in [6.07, 6.45) is 0. The molecule has 0 unspecified atom stereocenters. The van der Waals surface area contributed by atoms with Gasteiger partial charge in [0.05, 0.1) is 5.69 Å². The van der Waals surface area contributed by atoms with Gasteiger partial charge in [0, 0.05) is 41.1 Å². The number of rotatable bonds is 3. The Morgan fingerprint density at radius 3 is 2.78 bits per heavy atom. The molecule has 27 heavy (non-hydrogen) atoms. The van der Waals surface area contributed by atoms with Crippen LogP contribution in [0.15, 0.2) is 47.4 Å². The van der Waals surface area contributed by atoms with Gasteiger partial charge in [-0.2, -0.15) is 5.10 Å². The Bertz CT molecular complexity index is 1040. The van der Waals surface area contributed by atoms with Crippen molar-refractivity contribution in [1.82, 2.24) is 9.78 Å². The molecule has 1 aliphatic rings. The van der Waals surface area contributed by atoms with E-state index in [2.05, 4.69) is 48.4 Å². The van der Waals surface area contributed by atoms with E-state index in [1.54, 1.807) is 11.8 Å². The molecule has 0 fully saturated rings. The van der Waals surface area contributed by atoms with E-state index in [4.69, 9.17) is 0 Å². The molecule has 2 aromatic carbocycles. The van der Waals surface area contributed by atoms with E-state index in [1.807, 2.05) is 36.5 Å². The molecule has 5 heteroatoms. The molecule has 138 valence electrons. The Hall–Kier alpha value is -2.53. The molecule has 4 nitrogen and oxygen atoms in total. The summed E-state index contributed by atoms with van der Waals surface area (Å²) in [7, 11) is 1.93. The minimum absolute atomic E-state index is 0.0250. The van der Waals surface area contributed by atoms with Crippen LogP contribution in [0.3, 0.4) is 0 Å². The average Bonchev–Trinajstić information content (AvgIpc) is 3.02. The first-order valence-corrected chi connectivity index (χ1v) is 10.2. The number of carbonyl (C=O) groups excluding carboxylic acids is 1. The second-order valence-electron chi connectivity index (χ2n) is 6.92. The number of amides is 1. The molecule has 0 saturated carbocycles. The molecule has 0 N–H and O–H groups in total. The van der Waals surface area contributed by atoms with Crippen LogP contribution in [0.2, 0.25) is 0 Å². The van der Waals surface area contributed by atoms with E-state index in [9.17, 15) is 4.79 Å². The van der Waals surface area contributed by atoms with Crippen LogP contribution in [-0.2, 0) is 12.8 Å². The number of aryl methyl sites for hydroxylation is 3. The van der Waals surface area contributed by atoms with Crippen LogP contribution in [0.25, 0.3) is 11.3 Å². The van der Waals surface area contributed by atoms with Crippen LogP contribution in [0.1, 0.15) is 34.1 Å². The molecular weight excluding hydrogens is 354 g/mol. The molecule has 4 rings (SSSR count). The van der Waals surface area contributed by atoms with Crippen LogP contribution in [0.4, 0.5) is 5.69 Å². The fourth-order valence-corrected chi connectivity index (χ4v) is 4.78. The highest BCUT2D eigenvalue weighted by atomic mass is 32.2. The third kappa shape index (κ3) is 2.96. The van der Waals surface area contributed by atoms with E-state index < -0.39 is 0 Å². The van der Waals surface area contributed by atoms with E-state index in [0.717, 1.165) is 39.4 Å². The van der Waals surface area contributed by atoms with Crippen LogP contribution in [-0.4, -0.2) is 22.2 Å². The summed E-state index contributed by atoms with van der Waals surface area (Å²) < 4.78 is 1.86. The lowest BCUT2D eigenvalue weighted by atomic mass is 10.0. The van der Waals surface area contributed by atoms with Crippen molar-refractivity contribution in [1.29, 1.82) is 0 Å². The van der Waals surface area contributed by atoms with Gasteiger partial charge in [-0.25, -0.2) is 0 Å². The zero-order valence-electron chi connectivity index (χ0n) is 16.1. The van der Waals surface area contributed by atoms with Gasteiger partial charge in [0.2, 0.25) is 0 Å². The third-order valence-electron chi connectivity index (χ3n) is 5.08. The minimum Gasteiger partial charge on any atom is -0.307 e. The number of nitrogens with zero attached hydrogens (tertiary/aromatic N) is 3. The Kier molecular flexibility index (Phi) is 4.56. The van der Waals surface area contributed by atoms with Crippen molar-refractivity contribution in [3.05, 3.63) is 64.8 Å². The van der Waals surface area contributed by atoms with Crippen molar-refractivity contribution in [2.45, 2.75) is 31.4 Å². The van der Waals surface area contributed by atoms with Crippen LogP contribution in [0, 0.1) is 13.8 Å². The highest BCUT2D eigenvalue weighted by molar-refractivity contribution is 7.98. The van der Waals surface area contributed by atoms with Gasteiger partial charge in [-0.1, -0.05) is 30.3 Å². The van der Waals surface area contributed by atoms with Crippen molar-refractivity contribution in [3.63, 3.8) is 0 Å². The first-order valence-electron chi connectivity index (χ1n) is 9.18. The Morgan fingerprint density at radius 2 is 2.00 bits per heavy atom. The number of carbonyl (C=O) groups is 1. The van der Waals surface area contributed by atoms with Crippen LogP contribution < -0.4 is 4.90 Å². The van der Waals surface area contributed by atoms with Crippen molar-refractivity contribution >= 4 is 23.4 Å². The highest BCUT2D eigenvalue weighted by Gasteiger charge is 2.30. The van der Waals surface area contributed by atoms with Gasteiger partial charge in [-0.05, 0) is 44.0 Å². The number of thioether (sulfide) groups is 1. The van der Waals surface area contributed by atoms with Gasteiger partial charge >= 0.3 is 0 Å². The second-order valence-corrected chi connectivity index (χ2v) is 7.94. The number of anilines is 1. The van der Waals surface area contributed by atoms with Gasteiger partial charge in [0.1, 0.15) is 0 Å². The zero-order valence-corrected chi connectivity index (χ0v) is 16.9. The molecule has 0 spiro atoms. The SMILES string of the molecule is CCN(C(=O)c1nn(C)c2c1CSc1ccccc1-2)c1cc(C)ccc1C. The number of fused-ring (bicyclic) bond motifs is 3. The standard InChI is InChI=1S/C22H23N3OS/c1-5-25(18-12-14(2)10-11-15(18)3)22(26)20-17-13-27-19-9-7-6-8-16(19)21(17)24(4)23-20/h6-12H,5,13H2,1-4H3. The summed E-state index contributed by atoms with van der Waals surface area (Å²) >= 11 is 1.77. The van der Waals surface area contributed by atoms with Crippen molar-refractivity contribution in [2.24, 2.45) is 7.05 Å². The summed E-state index contributed by atoms with van der Waals surface area (Å²) in [5, 5.41) is 4.65. The fourth-order valence-electron chi connectivity index (χ4n) is 3.71. The van der Waals surface area contributed by atoms with Crippen molar-refractivity contribution < 1.29 is 4.79 Å². The normalized spacial score (nSPS) is 12.4. The topological polar surface area (TPSA) is 38.1 Å². The Labute approximate surface area is 164 Å². The fraction of sp³-hybridized carbons (Fsp3) is 0.273. The molecule has 0 saturated heterocycles. The maximum Gasteiger partial charge on any atom is 0.279 e. The molecule has 2 heterocycles. The Morgan fingerprint density at radius 1 is 1.22 bits per heavy atom. The molecule has 1 aliphatic heterocycles. The summed E-state index contributed by atoms with van der Waals surface area (Å²) in [6.45, 7) is 6.72. The summed E-state index contributed by atoms with van der Waals surface area (Å²) in [4.78, 5) is 16.6. The molecule has 0 bridgehead atoms. The molecule has 0 atom stereocenters. The van der Waals surface area contributed by atoms with Gasteiger partial charge in [-0.15, -0.1) is 11.8 Å². The van der Waals surface area contributed by atoms with Gasteiger partial charge in [0.25, 0.3) is 5.91 Å². The van der Waals surface area contributed by atoms with Gasteiger partial charge in [-0.3, -0.25) is 9.48 Å².